The molecule has 4 heteroatoms. The van der Waals surface area contributed by atoms with Crippen molar-refractivity contribution in [3.05, 3.63) is 54.1 Å². The van der Waals surface area contributed by atoms with Crippen molar-refractivity contribution in [2.24, 2.45) is 13.0 Å². The number of aromatic nitrogens is 2. The molecule has 1 aromatic carbocycles. The maximum atomic E-state index is 12.5. The van der Waals surface area contributed by atoms with Crippen LogP contribution < -0.4 is 5.32 Å². The summed E-state index contributed by atoms with van der Waals surface area (Å²) >= 11 is 0. The first-order chi connectivity index (χ1) is 12.2. The van der Waals surface area contributed by atoms with E-state index in [2.05, 4.69) is 34.6 Å². The molecule has 1 aromatic heterocycles. The fraction of sp³-hybridized carbons (Fsp3) is 0.524. The molecule has 1 fully saturated rings. The van der Waals surface area contributed by atoms with Crippen molar-refractivity contribution in [1.29, 1.82) is 0 Å². The molecule has 2 aromatic rings. The zero-order valence-electron chi connectivity index (χ0n) is 15.2. The molecule has 134 valence electrons. The van der Waals surface area contributed by atoms with Gasteiger partial charge in [0.15, 0.2) is 0 Å². The summed E-state index contributed by atoms with van der Waals surface area (Å²) in [6, 6.07) is 10.5. The molecule has 1 aliphatic carbocycles. The standard InChI is InChI=1S/C21H29N3O/c1-24-16-22-15-19(24)12-13-21(25)23-20(18-10-6-3-7-11-18)14-17-8-4-2-5-9-17/h3,6-7,10-11,15-17,20H,2,4-5,8-9,12-14H2,1H3,(H,23,25). The van der Waals surface area contributed by atoms with Crippen LogP contribution in [0.1, 0.15) is 62.2 Å². The number of hydrogen-bond acceptors (Lipinski definition) is 2. The van der Waals surface area contributed by atoms with Gasteiger partial charge in [-0.3, -0.25) is 4.79 Å². The Morgan fingerprint density at radius 1 is 1.24 bits per heavy atom. The molecule has 1 amide bonds. The molecule has 0 spiro atoms. The Morgan fingerprint density at radius 2 is 2.00 bits per heavy atom. The molecule has 0 radical (unpaired) electrons. The number of hydrogen-bond donors (Lipinski definition) is 1. The average molecular weight is 339 g/mol. The van der Waals surface area contributed by atoms with Crippen LogP contribution in [0.4, 0.5) is 0 Å². The minimum absolute atomic E-state index is 0.128. The van der Waals surface area contributed by atoms with E-state index in [1.807, 2.05) is 23.9 Å². The molecule has 1 aliphatic rings. The summed E-state index contributed by atoms with van der Waals surface area (Å²) in [5, 5.41) is 3.29. The van der Waals surface area contributed by atoms with Gasteiger partial charge < -0.3 is 9.88 Å². The Balaban J connectivity index is 1.60. The van der Waals surface area contributed by atoms with Crippen molar-refractivity contribution < 1.29 is 4.79 Å². The lowest BCUT2D eigenvalue weighted by Crippen LogP contribution is -2.30. The number of benzene rings is 1. The van der Waals surface area contributed by atoms with Gasteiger partial charge in [-0.05, 0) is 24.3 Å². The highest BCUT2D eigenvalue weighted by molar-refractivity contribution is 5.76. The van der Waals surface area contributed by atoms with E-state index in [4.69, 9.17) is 0 Å². The molecule has 1 heterocycles. The summed E-state index contributed by atoms with van der Waals surface area (Å²) in [4.78, 5) is 16.7. The average Bonchev–Trinajstić information content (AvgIpc) is 3.06. The molecule has 1 unspecified atom stereocenters. The SMILES string of the molecule is Cn1cncc1CCC(=O)NC(CC1CCCCC1)c1ccccc1. The number of carbonyl (C=O) groups excluding carboxylic acids is 1. The molecule has 4 nitrogen and oxygen atoms in total. The zero-order valence-corrected chi connectivity index (χ0v) is 15.2. The van der Waals surface area contributed by atoms with Crippen LogP contribution in [0.5, 0.6) is 0 Å². The van der Waals surface area contributed by atoms with Crippen LogP contribution in [-0.4, -0.2) is 15.5 Å². The third kappa shape index (κ3) is 5.18. The van der Waals surface area contributed by atoms with Gasteiger partial charge in [-0.2, -0.15) is 0 Å². The van der Waals surface area contributed by atoms with Gasteiger partial charge in [-0.15, -0.1) is 0 Å². The zero-order chi connectivity index (χ0) is 17.5. The van der Waals surface area contributed by atoms with Crippen molar-refractivity contribution >= 4 is 5.91 Å². The molecule has 1 saturated carbocycles. The van der Waals surface area contributed by atoms with Crippen LogP contribution >= 0.6 is 0 Å². The first kappa shape index (κ1) is 17.7. The lowest BCUT2D eigenvalue weighted by Gasteiger charge is -2.27. The highest BCUT2D eigenvalue weighted by Gasteiger charge is 2.21. The Morgan fingerprint density at radius 3 is 2.68 bits per heavy atom. The first-order valence-corrected chi connectivity index (χ1v) is 9.52. The summed E-state index contributed by atoms with van der Waals surface area (Å²) in [5.41, 5.74) is 2.32. The van der Waals surface area contributed by atoms with Gasteiger partial charge in [0.05, 0.1) is 12.4 Å². The van der Waals surface area contributed by atoms with E-state index in [1.165, 1.54) is 37.7 Å². The topological polar surface area (TPSA) is 46.9 Å². The van der Waals surface area contributed by atoms with Crippen LogP contribution in [0.2, 0.25) is 0 Å². The summed E-state index contributed by atoms with van der Waals surface area (Å²) in [5.74, 6) is 0.863. The number of amides is 1. The van der Waals surface area contributed by atoms with Gasteiger partial charge >= 0.3 is 0 Å². The number of nitrogens with one attached hydrogen (secondary N) is 1. The highest BCUT2D eigenvalue weighted by atomic mass is 16.1. The Labute approximate surface area is 150 Å². The molecule has 0 saturated heterocycles. The van der Waals surface area contributed by atoms with E-state index in [1.54, 1.807) is 6.33 Å². The molecule has 25 heavy (non-hydrogen) atoms. The van der Waals surface area contributed by atoms with Crippen molar-refractivity contribution in [3.8, 4) is 0 Å². The van der Waals surface area contributed by atoms with Gasteiger partial charge in [0, 0.05) is 25.4 Å². The fourth-order valence-corrected chi connectivity index (χ4v) is 3.85. The smallest absolute Gasteiger partial charge is 0.220 e. The van der Waals surface area contributed by atoms with Crippen LogP contribution in [0.25, 0.3) is 0 Å². The van der Waals surface area contributed by atoms with Crippen molar-refractivity contribution in [2.45, 2.75) is 57.4 Å². The predicted octanol–water partition coefficient (Wildman–Crippen LogP) is 4.18. The summed E-state index contributed by atoms with van der Waals surface area (Å²) in [7, 11) is 1.97. The van der Waals surface area contributed by atoms with Gasteiger partial charge in [-0.25, -0.2) is 4.98 Å². The van der Waals surface area contributed by atoms with Crippen LogP contribution in [0.15, 0.2) is 42.9 Å². The summed E-state index contributed by atoms with van der Waals surface area (Å²) < 4.78 is 1.98. The summed E-state index contributed by atoms with van der Waals surface area (Å²) in [6.45, 7) is 0. The van der Waals surface area contributed by atoms with Gasteiger partial charge in [-0.1, -0.05) is 62.4 Å². The van der Waals surface area contributed by atoms with Crippen molar-refractivity contribution in [1.82, 2.24) is 14.9 Å². The first-order valence-electron chi connectivity index (χ1n) is 9.52. The predicted molar refractivity (Wildman–Crippen MR) is 100 cm³/mol. The molecule has 0 aliphatic heterocycles. The van der Waals surface area contributed by atoms with Crippen LogP contribution in [-0.2, 0) is 18.3 Å². The van der Waals surface area contributed by atoms with Crippen LogP contribution in [0.3, 0.4) is 0 Å². The highest BCUT2D eigenvalue weighted by Crippen LogP contribution is 2.32. The monoisotopic (exact) mass is 339 g/mol. The maximum absolute atomic E-state index is 12.5. The van der Waals surface area contributed by atoms with Crippen molar-refractivity contribution in [3.63, 3.8) is 0 Å². The quantitative estimate of drug-likeness (QED) is 0.822. The van der Waals surface area contributed by atoms with Crippen LogP contribution in [0, 0.1) is 5.92 Å². The molecular weight excluding hydrogens is 310 g/mol. The lowest BCUT2D eigenvalue weighted by atomic mass is 9.83. The van der Waals surface area contributed by atoms with E-state index in [9.17, 15) is 4.79 Å². The van der Waals surface area contributed by atoms with Gasteiger partial charge in [0.25, 0.3) is 0 Å². The number of imidazole rings is 1. The number of nitrogens with zero attached hydrogens (tertiary/aromatic N) is 2. The molecule has 1 N–H and O–H groups in total. The normalized spacial score (nSPS) is 16.5. The third-order valence-electron chi connectivity index (χ3n) is 5.36. The Bertz CT molecular complexity index is 659. The molecule has 1 atom stereocenters. The summed E-state index contributed by atoms with van der Waals surface area (Å²) in [6.07, 6.45) is 12.5. The van der Waals surface area contributed by atoms with E-state index in [-0.39, 0.29) is 11.9 Å². The minimum atomic E-state index is 0.128. The number of aryl methyl sites for hydroxylation is 2. The Kier molecular flexibility index (Phi) is 6.26. The molecule has 3 rings (SSSR count). The molecule has 0 bridgehead atoms. The second-order valence-corrected chi connectivity index (χ2v) is 7.27. The third-order valence-corrected chi connectivity index (χ3v) is 5.36. The van der Waals surface area contributed by atoms with Gasteiger partial charge in [0.2, 0.25) is 5.91 Å². The molecular formula is C21H29N3O. The second kappa shape index (κ2) is 8.84. The fourth-order valence-electron chi connectivity index (χ4n) is 3.85. The van der Waals surface area contributed by atoms with E-state index in [0.29, 0.717) is 6.42 Å². The van der Waals surface area contributed by atoms with E-state index in [0.717, 1.165) is 24.5 Å². The number of rotatable bonds is 7. The maximum Gasteiger partial charge on any atom is 0.220 e. The van der Waals surface area contributed by atoms with E-state index >= 15 is 0 Å². The largest absolute Gasteiger partial charge is 0.349 e. The van der Waals surface area contributed by atoms with Gasteiger partial charge in [0.1, 0.15) is 0 Å². The van der Waals surface area contributed by atoms with E-state index < -0.39 is 0 Å². The second-order valence-electron chi connectivity index (χ2n) is 7.27. The Hall–Kier alpha value is -2.10. The van der Waals surface area contributed by atoms with Crippen molar-refractivity contribution in [2.75, 3.05) is 0 Å². The lowest BCUT2D eigenvalue weighted by molar-refractivity contribution is -0.122. The minimum Gasteiger partial charge on any atom is -0.349 e. The number of carbonyl (C=O) groups is 1.